The van der Waals surface area contributed by atoms with Crippen molar-refractivity contribution in [3.05, 3.63) is 71.9 Å². The molecule has 2 aliphatic heterocycles. The quantitative estimate of drug-likeness (QED) is 0.411. The number of carbonyl (C=O) groups excluding carboxylic acids is 3. The zero-order valence-corrected chi connectivity index (χ0v) is 22.1. The van der Waals surface area contributed by atoms with E-state index in [2.05, 4.69) is 10.3 Å². The first-order chi connectivity index (χ1) is 18.9. The van der Waals surface area contributed by atoms with Crippen LogP contribution in [0.5, 0.6) is 0 Å². The predicted molar refractivity (Wildman–Crippen MR) is 150 cm³/mol. The minimum absolute atomic E-state index is 0.0282. The van der Waals surface area contributed by atoms with Gasteiger partial charge in [-0.3, -0.25) is 14.4 Å². The summed E-state index contributed by atoms with van der Waals surface area (Å²) in [5.41, 5.74) is 14.3. The molecule has 204 valence electrons. The van der Waals surface area contributed by atoms with Crippen LogP contribution in [0.25, 0.3) is 10.8 Å². The van der Waals surface area contributed by atoms with Gasteiger partial charge in [-0.2, -0.15) is 0 Å². The fourth-order valence-electron chi connectivity index (χ4n) is 5.70. The Morgan fingerprint density at radius 2 is 1.82 bits per heavy atom. The number of pyridine rings is 1. The average molecular weight is 529 g/mol. The Balaban J connectivity index is 1.26. The van der Waals surface area contributed by atoms with Gasteiger partial charge in [-0.15, -0.1) is 0 Å². The van der Waals surface area contributed by atoms with Crippen LogP contribution in [-0.4, -0.2) is 64.2 Å². The van der Waals surface area contributed by atoms with Gasteiger partial charge in [0.15, 0.2) is 0 Å². The number of rotatable bonds is 8. The molecule has 5 N–H and O–H groups in total. The fourth-order valence-corrected chi connectivity index (χ4v) is 5.70. The van der Waals surface area contributed by atoms with Crippen LogP contribution in [0.3, 0.4) is 0 Å². The molecule has 3 aromatic rings. The maximum Gasteiger partial charge on any atom is 0.243 e. The van der Waals surface area contributed by atoms with E-state index in [1.165, 1.54) is 0 Å². The van der Waals surface area contributed by atoms with Crippen LogP contribution in [0.4, 0.5) is 5.82 Å². The second-order valence-corrected chi connectivity index (χ2v) is 10.6. The van der Waals surface area contributed by atoms with Crippen molar-refractivity contribution >= 4 is 34.3 Å². The minimum atomic E-state index is -0.832. The molecule has 39 heavy (non-hydrogen) atoms. The lowest BCUT2D eigenvalue weighted by Crippen LogP contribution is -2.51. The van der Waals surface area contributed by atoms with E-state index in [1.54, 1.807) is 11.1 Å². The number of nitrogens with zero attached hydrogens (tertiary/aromatic N) is 3. The zero-order chi connectivity index (χ0) is 27.4. The number of amides is 3. The molecule has 2 aliphatic rings. The summed E-state index contributed by atoms with van der Waals surface area (Å²) in [6.45, 7) is 2.28. The Morgan fingerprint density at radius 1 is 1.05 bits per heavy atom. The highest BCUT2D eigenvalue weighted by Crippen LogP contribution is 2.32. The number of nitrogen functional groups attached to an aromatic ring is 1. The number of nitrogens with one attached hydrogen (secondary N) is 1. The van der Waals surface area contributed by atoms with Gasteiger partial charge in [-0.25, -0.2) is 4.98 Å². The smallest absolute Gasteiger partial charge is 0.243 e. The number of anilines is 1. The van der Waals surface area contributed by atoms with E-state index in [0.29, 0.717) is 25.3 Å². The molecule has 3 heterocycles. The topological polar surface area (TPSA) is 135 Å². The van der Waals surface area contributed by atoms with Gasteiger partial charge in [0.05, 0.1) is 6.04 Å². The van der Waals surface area contributed by atoms with Crippen LogP contribution in [0.2, 0.25) is 0 Å². The predicted octanol–water partition coefficient (Wildman–Crippen LogP) is 2.55. The Kier molecular flexibility index (Phi) is 8.07. The van der Waals surface area contributed by atoms with Crippen molar-refractivity contribution in [3.8, 4) is 0 Å². The zero-order valence-electron chi connectivity index (χ0n) is 22.1. The summed E-state index contributed by atoms with van der Waals surface area (Å²) in [7, 11) is 0. The van der Waals surface area contributed by atoms with Crippen molar-refractivity contribution in [2.24, 2.45) is 5.73 Å². The van der Waals surface area contributed by atoms with Crippen LogP contribution >= 0.6 is 0 Å². The molecule has 0 radical (unpaired) electrons. The molecule has 3 amide bonds. The summed E-state index contributed by atoms with van der Waals surface area (Å²) >= 11 is 0. The molecular formula is C30H36N6O3. The summed E-state index contributed by atoms with van der Waals surface area (Å²) in [6.07, 6.45) is 4.72. The number of aromatic nitrogens is 1. The van der Waals surface area contributed by atoms with Crippen molar-refractivity contribution in [1.29, 1.82) is 0 Å². The molecule has 9 nitrogen and oxygen atoms in total. The van der Waals surface area contributed by atoms with Crippen molar-refractivity contribution in [2.45, 2.75) is 56.7 Å². The van der Waals surface area contributed by atoms with E-state index < -0.39 is 12.1 Å². The van der Waals surface area contributed by atoms with Gasteiger partial charge in [0, 0.05) is 50.1 Å². The largest absolute Gasteiger partial charge is 0.383 e. The summed E-state index contributed by atoms with van der Waals surface area (Å²) in [5, 5.41) is 4.84. The first-order valence-corrected chi connectivity index (χ1v) is 13.7. The van der Waals surface area contributed by atoms with Crippen molar-refractivity contribution < 1.29 is 14.4 Å². The van der Waals surface area contributed by atoms with Crippen molar-refractivity contribution in [1.82, 2.24) is 20.1 Å². The second-order valence-electron chi connectivity index (χ2n) is 10.6. The SMILES string of the molecule is Nc1nccc2cc(CNC(=O)[C@@H]3C[C@H](c4ccccc4)CN3C(=O)[C@H](N)CCC(=O)N3CCCC3)ccc12. The Bertz CT molecular complexity index is 1340. The molecule has 9 heteroatoms. The van der Waals surface area contributed by atoms with Gasteiger partial charge < -0.3 is 26.6 Å². The molecule has 1 aromatic heterocycles. The molecule has 0 spiro atoms. The van der Waals surface area contributed by atoms with E-state index in [1.807, 2.05) is 59.5 Å². The standard InChI is InChI=1S/C30H36N6O3/c31-25(10-11-27(37)35-14-4-5-15-35)30(39)36-19-23(21-6-2-1-3-7-21)17-26(36)29(38)34-18-20-8-9-24-22(16-20)12-13-33-28(24)32/h1-3,6-9,12-13,16,23,25-26H,4-5,10-11,14-15,17-19,31H2,(H2,32,33)(H,34,38)/t23-,25+,26-/m0/s1. The Labute approximate surface area is 228 Å². The first kappa shape index (κ1) is 26.6. The third-order valence-electron chi connectivity index (χ3n) is 7.93. The maximum atomic E-state index is 13.5. The number of carbonyl (C=O) groups is 3. The lowest BCUT2D eigenvalue weighted by atomic mass is 9.96. The van der Waals surface area contributed by atoms with Gasteiger partial charge in [0.1, 0.15) is 11.9 Å². The van der Waals surface area contributed by atoms with Gasteiger partial charge in [0.2, 0.25) is 17.7 Å². The molecule has 2 fully saturated rings. The third-order valence-corrected chi connectivity index (χ3v) is 7.93. The molecule has 0 unspecified atom stereocenters. The third kappa shape index (κ3) is 6.04. The van der Waals surface area contributed by atoms with E-state index in [4.69, 9.17) is 11.5 Å². The van der Waals surface area contributed by atoms with Crippen molar-refractivity contribution in [3.63, 3.8) is 0 Å². The molecule has 2 saturated heterocycles. The van der Waals surface area contributed by atoms with Crippen LogP contribution in [0, 0.1) is 0 Å². The number of fused-ring (bicyclic) bond motifs is 1. The van der Waals surface area contributed by atoms with E-state index in [-0.39, 0.29) is 36.5 Å². The van der Waals surface area contributed by atoms with Gasteiger partial charge >= 0.3 is 0 Å². The van der Waals surface area contributed by atoms with E-state index in [9.17, 15) is 14.4 Å². The summed E-state index contributed by atoms with van der Waals surface area (Å²) in [4.78, 5) is 47.0. The molecule has 0 saturated carbocycles. The fraction of sp³-hybridized carbons (Fsp3) is 0.400. The lowest BCUT2D eigenvalue weighted by molar-refractivity contribution is -0.140. The highest BCUT2D eigenvalue weighted by molar-refractivity contribution is 5.92. The molecule has 0 bridgehead atoms. The molecule has 5 rings (SSSR count). The molecule has 3 atom stereocenters. The number of hydrogen-bond donors (Lipinski definition) is 3. The summed E-state index contributed by atoms with van der Waals surface area (Å²) in [5.74, 6) is 0.0450. The Hall–Kier alpha value is -3.98. The van der Waals surface area contributed by atoms with Crippen LogP contribution in [0.1, 0.15) is 49.1 Å². The highest BCUT2D eigenvalue weighted by Gasteiger charge is 2.41. The van der Waals surface area contributed by atoms with Gasteiger partial charge in [-0.05, 0) is 54.3 Å². The monoisotopic (exact) mass is 528 g/mol. The Morgan fingerprint density at radius 3 is 2.59 bits per heavy atom. The van der Waals surface area contributed by atoms with Crippen LogP contribution in [0.15, 0.2) is 60.8 Å². The second kappa shape index (κ2) is 11.8. The molecular weight excluding hydrogens is 492 g/mol. The van der Waals surface area contributed by atoms with E-state index >= 15 is 0 Å². The maximum absolute atomic E-state index is 13.5. The summed E-state index contributed by atoms with van der Waals surface area (Å²) in [6, 6.07) is 16.1. The highest BCUT2D eigenvalue weighted by atomic mass is 16.2. The number of benzene rings is 2. The van der Waals surface area contributed by atoms with Crippen molar-refractivity contribution in [2.75, 3.05) is 25.4 Å². The van der Waals surface area contributed by atoms with E-state index in [0.717, 1.165) is 47.8 Å². The lowest BCUT2D eigenvalue weighted by Gasteiger charge is -2.27. The van der Waals surface area contributed by atoms with Crippen LogP contribution in [-0.2, 0) is 20.9 Å². The van der Waals surface area contributed by atoms with Gasteiger partial charge in [-0.1, -0.05) is 42.5 Å². The number of hydrogen-bond acceptors (Lipinski definition) is 6. The number of likely N-dealkylation sites (tertiary alicyclic amines) is 2. The summed E-state index contributed by atoms with van der Waals surface area (Å²) < 4.78 is 0. The van der Waals surface area contributed by atoms with Crippen LogP contribution < -0.4 is 16.8 Å². The van der Waals surface area contributed by atoms with Gasteiger partial charge in [0.25, 0.3) is 0 Å². The normalized spacial score (nSPS) is 19.8. The first-order valence-electron chi connectivity index (χ1n) is 13.7. The molecule has 2 aromatic carbocycles. The minimum Gasteiger partial charge on any atom is -0.383 e. The number of nitrogens with two attached hydrogens (primary N) is 2. The molecule has 0 aliphatic carbocycles. The average Bonchev–Trinajstić information content (AvgIpc) is 3.66.